The second kappa shape index (κ2) is 8.42. The molecule has 13 heavy (non-hydrogen) atoms. The molecule has 1 rings (SSSR count). The van der Waals surface area contributed by atoms with Crippen LogP contribution in [0.3, 0.4) is 0 Å². The van der Waals surface area contributed by atoms with Crippen LogP contribution in [0.5, 0.6) is 0 Å². The minimum absolute atomic E-state index is 0. The SMILES string of the molecule is CCCCCCc1[c-]cccc1.[Li+]. The Bertz CT molecular complexity index is 194. The van der Waals surface area contributed by atoms with E-state index >= 15 is 0 Å². The van der Waals surface area contributed by atoms with Crippen molar-refractivity contribution in [2.45, 2.75) is 39.0 Å². The molecule has 0 aromatic heterocycles. The number of aryl methyl sites for hydroxylation is 1. The molecule has 0 unspecified atom stereocenters. The molecule has 0 atom stereocenters. The summed E-state index contributed by atoms with van der Waals surface area (Å²) in [6, 6.07) is 11.5. The zero-order chi connectivity index (χ0) is 8.65. The molecule has 1 heteroatoms. The van der Waals surface area contributed by atoms with Gasteiger partial charge in [-0.2, -0.15) is 35.9 Å². The van der Waals surface area contributed by atoms with E-state index in [-0.39, 0.29) is 18.9 Å². The van der Waals surface area contributed by atoms with Crippen LogP contribution in [-0.2, 0) is 6.42 Å². The maximum atomic E-state index is 3.25. The van der Waals surface area contributed by atoms with Gasteiger partial charge >= 0.3 is 18.9 Å². The fourth-order valence-corrected chi connectivity index (χ4v) is 1.33. The predicted octanol–water partition coefficient (Wildman–Crippen LogP) is 0.614. The smallest absolute Gasteiger partial charge is 0.180 e. The third-order valence-electron chi connectivity index (χ3n) is 2.07. The van der Waals surface area contributed by atoms with E-state index in [1.807, 2.05) is 12.1 Å². The van der Waals surface area contributed by atoms with E-state index in [1.54, 1.807) is 0 Å². The number of benzene rings is 1. The van der Waals surface area contributed by atoms with E-state index in [2.05, 4.69) is 25.1 Å². The van der Waals surface area contributed by atoms with Crippen LogP contribution >= 0.6 is 0 Å². The molecule has 1 aromatic rings. The first-order valence-electron chi connectivity index (χ1n) is 4.89. The van der Waals surface area contributed by atoms with Crippen molar-refractivity contribution < 1.29 is 18.9 Å². The van der Waals surface area contributed by atoms with E-state index < -0.39 is 0 Å². The Labute approximate surface area is 93.9 Å². The van der Waals surface area contributed by atoms with Crippen LogP contribution in [0.1, 0.15) is 38.2 Å². The second-order valence-electron chi connectivity index (χ2n) is 3.20. The monoisotopic (exact) mass is 168 g/mol. The quantitative estimate of drug-likeness (QED) is 0.343. The van der Waals surface area contributed by atoms with Gasteiger partial charge in [-0.1, -0.05) is 39.0 Å². The van der Waals surface area contributed by atoms with Crippen molar-refractivity contribution in [3.05, 3.63) is 35.9 Å². The minimum Gasteiger partial charge on any atom is -0.180 e. The first-order valence-corrected chi connectivity index (χ1v) is 4.89. The fourth-order valence-electron chi connectivity index (χ4n) is 1.33. The summed E-state index contributed by atoms with van der Waals surface area (Å²) in [5, 5.41) is 0. The first-order chi connectivity index (χ1) is 5.93. The Balaban J connectivity index is 0.00000144. The maximum absolute atomic E-state index is 3.25. The van der Waals surface area contributed by atoms with Crippen molar-refractivity contribution in [2.24, 2.45) is 0 Å². The number of unbranched alkanes of at least 4 members (excludes halogenated alkanes) is 3. The van der Waals surface area contributed by atoms with Crippen molar-refractivity contribution in [3.8, 4) is 0 Å². The molecule has 1 aromatic carbocycles. The van der Waals surface area contributed by atoms with Gasteiger partial charge < -0.3 is 0 Å². The van der Waals surface area contributed by atoms with E-state index in [1.165, 1.54) is 37.7 Å². The van der Waals surface area contributed by atoms with E-state index in [4.69, 9.17) is 0 Å². The Kier molecular flexibility index (Phi) is 8.30. The van der Waals surface area contributed by atoms with E-state index in [9.17, 15) is 0 Å². The Morgan fingerprint density at radius 2 is 2.00 bits per heavy atom. The molecule has 0 aliphatic rings. The molecule has 0 nitrogen and oxygen atoms in total. The van der Waals surface area contributed by atoms with Gasteiger partial charge in [-0.25, -0.2) is 0 Å². The van der Waals surface area contributed by atoms with Crippen molar-refractivity contribution in [3.63, 3.8) is 0 Å². The summed E-state index contributed by atoms with van der Waals surface area (Å²) in [6.07, 6.45) is 6.56. The van der Waals surface area contributed by atoms with Crippen LogP contribution < -0.4 is 18.9 Å². The average molecular weight is 168 g/mol. The zero-order valence-electron chi connectivity index (χ0n) is 8.84. The third-order valence-corrected chi connectivity index (χ3v) is 2.07. The number of hydrogen-bond donors (Lipinski definition) is 0. The molecule has 0 amide bonds. The Morgan fingerprint density at radius 3 is 2.62 bits per heavy atom. The van der Waals surface area contributed by atoms with Crippen LogP contribution in [0, 0.1) is 6.07 Å². The fraction of sp³-hybridized carbons (Fsp3) is 0.500. The molecule has 0 saturated heterocycles. The van der Waals surface area contributed by atoms with Gasteiger partial charge in [-0.3, -0.25) is 0 Å². The minimum atomic E-state index is 0. The van der Waals surface area contributed by atoms with Gasteiger partial charge in [0.25, 0.3) is 0 Å². The third kappa shape index (κ3) is 5.97. The molecule has 0 aliphatic heterocycles. The molecule has 0 fully saturated rings. The summed E-state index contributed by atoms with van der Waals surface area (Å²) in [7, 11) is 0. The van der Waals surface area contributed by atoms with Gasteiger partial charge in [0.1, 0.15) is 0 Å². The molecule has 0 saturated carbocycles. The summed E-state index contributed by atoms with van der Waals surface area (Å²) in [6.45, 7) is 2.24. The molecule has 0 radical (unpaired) electrons. The summed E-state index contributed by atoms with van der Waals surface area (Å²) < 4.78 is 0. The standard InChI is InChI=1S/C12H17.Li/c1-2-3-4-6-9-12-10-7-5-8-11-12;/h5,7-8,10H,2-4,6,9H2,1H3;/q-1;+1. The van der Waals surface area contributed by atoms with Gasteiger partial charge in [-0.15, -0.1) is 0 Å². The van der Waals surface area contributed by atoms with Crippen molar-refractivity contribution in [2.75, 3.05) is 0 Å². The molecular formula is C12H17Li. The topological polar surface area (TPSA) is 0 Å². The van der Waals surface area contributed by atoms with Gasteiger partial charge in [-0.05, 0) is 0 Å². The van der Waals surface area contributed by atoms with Gasteiger partial charge in [0.2, 0.25) is 0 Å². The van der Waals surface area contributed by atoms with Crippen molar-refractivity contribution >= 4 is 0 Å². The van der Waals surface area contributed by atoms with E-state index in [0.717, 1.165) is 0 Å². The van der Waals surface area contributed by atoms with Gasteiger partial charge in [0, 0.05) is 0 Å². The van der Waals surface area contributed by atoms with Crippen LogP contribution in [0.25, 0.3) is 0 Å². The molecule has 66 valence electrons. The van der Waals surface area contributed by atoms with Crippen molar-refractivity contribution in [1.82, 2.24) is 0 Å². The first kappa shape index (κ1) is 12.8. The van der Waals surface area contributed by atoms with Crippen molar-refractivity contribution in [1.29, 1.82) is 0 Å². The molecule has 0 aliphatic carbocycles. The largest absolute Gasteiger partial charge is 1.00 e. The summed E-state index contributed by atoms with van der Waals surface area (Å²) >= 11 is 0. The van der Waals surface area contributed by atoms with Crippen LogP contribution in [-0.4, -0.2) is 0 Å². The second-order valence-corrected chi connectivity index (χ2v) is 3.20. The van der Waals surface area contributed by atoms with Crippen LogP contribution in [0.4, 0.5) is 0 Å². The summed E-state index contributed by atoms with van der Waals surface area (Å²) in [5.41, 5.74) is 1.36. The summed E-state index contributed by atoms with van der Waals surface area (Å²) in [4.78, 5) is 0. The molecule has 0 spiro atoms. The molecule has 0 N–H and O–H groups in total. The number of hydrogen-bond acceptors (Lipinski definition) is 0. The van der Waals surface area contributed by atoms with Gasteiger partial charge in [0.15, 0.2) is 0 Å². The Morgan fingerprint density at radius 1 is 1.15 bits per heavy atom. The van der Waals surface area contributed by atoms with Crippen LogP contribution in [0.2, 0.25) is 0 Å². The van der Waals surface area contributed by atoms with Gasteiger partial charge in [0.05, 0.1) is 0 Å². The predicted molar refractivity (Wildman–Crippen MR) is 53.1 cm³/mol. The maximum Gasteiger partial charge on any atom is 1.00 e. The molecular weight excluding hydrogens is 151 g/mol. The van der Waals surface area contributed by atoms with E-state index in [0.29, 0.717) is 0 Å². The summed E-state index contributed by atoms with van der Waals surface area (Å²) in [5.74, 6) is 0. The molecule has 0 heterocycles. The Hall–Kier alpha value is -0.183. The zero-order valence-corrected chi connectivity index (χ0v) is 8.84. The normalized spacial score (nSPS) is 9.31. The average Bonchev–Trinajstić information content (AvgIpc) is 2.14. The molecule has 0 bridgehead atoms. The number of rotatable bonds is 5. The van der Waals surface area contributed by atoms with Crippen LogP contribution in [0.15, 0.2) is 24.3 Å².